The van der Waals surface area contributed by atoms with Crippen molar-refractivity contribution in [3.05, 3.63) is 0 Å². The Morgan fingerprint density at radius 2 is 1.94 bits per heavy atom. The van der Waals surface area contributed by atoms with Gasteiger partial charge in [0.25, 0.3) is 0 Å². The van der Waals surface area contributed by atoms with Gasteiger partial charge in [-0.2, -0.15) is 13.2 Å². The van der Waals surface area contributed by atoms with Crippen LogP contribution in [0.15, 0.2) is 0 Å². The molecule has 1 rings (SSSR count). The number of halogens is 3. The molecule has 3 nitrogen and oxygen atoms in total. The first-order chi connectivity index (χ1) is 8.29. The summed E-state index contributed by atoms with van der Waals surface area (Å²) in [4.78, 5) is 0. The molecule has 0 bridgehead atoms. The SMILES string of the molecule is CC(C)NC(CO)(COCCC(F)(F)F)C1CC1. The Hall–Kier alpha value is -0.330. The molecule has 18 heavy (non-hydrogen) atoms. The van der Waals surface area contributed by atoms with Gasteiger partial charge in [-0.1, -0.05) is 13.8 Å². The standard InChI is InChI=1S/C12H22F3NO2/c1-9(2)16-11(7-17,10-3-4-10)8-18-6-5-12(13,14)15/h9-10,16-17H,3-8H2,1-2H3. The normalized spacial score (nSPS) is 20.2. The summed E-state index contributed by atoms with van der Waals surface area (Å²) in [6.07, 6.45) is -3.15. The highest BCUT2D eigenvalue weighted by Gasteiger charge is 2.45. The molecule has 0 aromatic carbocycles. The van der Waals surface area contributed by atoms with E-state index in [-0.39, 0.29) is 25.9 Å². The van der Waals surface area contributed by atoms with Gasteiger partial charge in [-0.3, -0.25) is 0 Å². The van der Waals surface area contributed by atoms with E-state index < -0.39 is 18.1 Å². The van der Waals surface area contributed by atoms with E-state index in [2.05, 4.69) is 5.32 Å². The molecule has 0 spiro atoms. The highest BCUT2D eigenvalue weighted by molar-refractivity contribution is 5.01. The van der Waals surface area contributed by atoms with E-state index >= 15 is 0 Å². The first-order valence-electron chi connectivity index (χ1n) is 6.32. The number of aliphatic hydroxyl groups excluding tert-OH is 1. The number of aliphatic hydroxyl groups is 1. The van der Waals surface area contributed by atoms with Crippen LogP contribution in [-0.2, 0) is 4.74 Å². The van der Waals surface area contributed by atoms with Gasteiger partial charge in [-0.15, -0.1) is 0 Å². The van der Waals surface area contributed by atoms with Crippen molar-refractivity contribution in [3.8, 4) is 0 Å². The van der Waals surface area contributed by atoms with Gasteiger partial charge < -0.3 is 15.2 Å². The van der Waals surface area contributed by atoms with Crippen LogP contribution in [0.25, 0.3) is 0 Å². The molecule has 1 unspecified atom stereocenters. The van der Waals surface area contributed by atoms with Crippen LogP contribution in [0.5, 0.6) is 0 Å². The molecule has 1 aliphatic carbocycles. The van der Waals surface area contributed by atoms with Crippen LogP contribution in [0.2, 0.25) is 0 Å². The third-order valence-electron chi connectivity index (χ3n) is 3.11. The topological polar surface area (TPSA) is 41.5 Å². The summed E-state index contributed by atoms with van der Waals surface area (Å²) in [6.45, 7) is 3.56. The molecule has 1 aliphatic rings. The van der Waals surface area contributed by atoms with Crippen LogP contribution >= 0.6 is 0 Å². The lowest BCUT2D eigenvalue weighted by atomic mass is 9.94. The van der Waals surface area contributed by atoms with Gasteiger partial charge in [-0.05, 0) is 18.8 Å². The first kappa shape index (κ1) is 15.7. The van der Waals surface area contributed by atoms with E-state index in [1.807, 2.05) is 13.8 Å². The molecular formula is C12H22F3NO2. The number of ether oxygens (including phenoxy) is 1. The molecule has 0 radical (unpaired) electrons. The summed E-state index contributed by atoms with van der Waals surface area (Å²) in [5, 5.41) is 12.8. The lowest BCUT2D eigenvalue weighted by Gasteiger charge is -2.35. The zero-order valence-corrected chi connectivity index (χ0v) is 10.9. The molecule has 1 atom stereocenters. The molecule has 108 valence electrons. The van der Waals surface area contributed by atoms with Crippen molar-refractivity contribution in [2.45, 2.75) is 50.9 Å². The Kier molecular flexibility index (Phi) is 5.43. The lowest BCUT2D eigenvalue weighted by molar-refractivity contribution is -0.147. The number of alkyl halides is 3. The van der Waals surface area contributed by atoms with Crippen LogP contribution < -0.4 is 5.32 Å². The van der Waals surface area contributed by atoms with Crippen LogP contribution in [0.3, 0.4) is 0 Å². The smallest absolute Gasteiger partial charge is 0.391 e. The highest BCUT2D eigenvalue weighted by Crippen LogP contribution is 2.40. The largest absolute Gasteiger partial charge is 0.394 e. The molecule has 6 heteroatoms. The summed E-state index contributed by atoms with van der Waals surface area (Å²) >= 11 is 0. The zero-order valence-electron chi connectivity index (χ0n) is 10.9. The van der Waals surface area contributed by atoms with Gasteiger partial charge in [0.2, 0.25) is 0 Å². The molecule has 0 saturated heterocycles. The summed E-state index contributed by atoms with van der Waals surface area (Å²) in [5.74, 6) is 0.302. The van der Waals surface area contributed by atoms with E-state index in [9.17, 15) is 18.3 Å². The highest BCUT2D eigenvalue weighted by atomic mass is 19.4. The van der Waals surface area contributed by atoms with Crippen molar-refractivity contribution in [3.63, 3.8) is 0 Å². The number of hydrogen-bond donors (Lipinski definition) is 2. The average molecular weight is 269 g/mol. The van der Waals surface area contributed by atoms with Gasteiger partial charge in [0.1, 0.15) is 0 Å². The van der Waals surface area contributed by atoms with Gasteiger partial charge in [0.05, 0.1) is 31.8 Å². The molecule has 2 N–H and O–H groups in total. The van der Waals surface area contributed by atoms with E-state index in [1.54, 1.807) is 0 Å². The maximum Gasteiger partial charge on any atom is 0.391 e. The number of nitrogens with one attached hydrogen (secondary N) is 1. The molecule has 1 saturated carbocycles. The van der Waals surface area contributed by atoms with Gasteiger partial charge in [0.15, 0.2) is 0 Å². The van der Waals surface area contributed by atoms with E-state index in [0.29, 0.717) is 5.92 Å². The fourth-order valence-electron chi connectivity index (χ4n) is 2.15. The molecule has 0 heterocycles. The summed E-state index contributed by atoms with van der Waals surface area (Å²) in [6, 6.07) is 0.156. The minimum Gasteiger partial charge on any atom is -0.394 e. The summed E-state index contributed by atoms with van der Waals surface area (Å²) in [5.41, 5.74) is -0.584. The Labute approximate surface area is 106 Å². The minimum atomic E-state index is -4.19. The van der Waals surface area contributed by atoms with Crippen molar-refractivity contribution >= 4 is 0 Å². The Morgan fingerprint density at radius 1 is 1.33 bits per heavy atom. The van der Waals surface area contributed by atoms with Crippen molar-refractivity contribution in [2.24, 2.45) is 5.92 Å². The van der Waals surface area contributed by atoms with E-state index in [4.69, 9.17) is 4.74 Å². The van der Waals surface area contributed by atoms with Crippen LogP contribution in [0.4, 0.5) is 13.2 Å². The quantitative estimate of drug-likeness (QED) is 0.663. The van der Waals surface area contributed by atoms with E-state index in [0.717, 1.165) is 12.8 Å². The van der Waals surface area contributed by atoms with Crippen molar-refractivity contribution in [1.29, 1.82) is 0 Å². The summed E-state index contributed by atoms with van der Waals surface area (Å²) < 4.78 is 41.1. The van der Waals surface area contributed by atoms with Crippen molar-refractivity contribution in [2.75, 3.05) is 19.8 Å². The van der Waals surface area contributed by atoms with Crippen molar-refractivity contribution in [1.82, 2.24) is 5.32 Å². The molecule has 0 aliphatic heterocycles. The summed E-state index contributed by atoms with van der Waals surface area (Å²) in [7, 11) is 0. The van der Waals surface area contributed by atoms with Crippen molar-refractivity contribution < 1.29 is 23.0 Å². The second kappa shape index (κ2) is 6.21. The molecule has 1 fully saturated rings. The number of rotatable bonds is 8. The van der Waals surface area contributed by atoms with Gasteiger partial charge in [-0.25, -0.2) is 0 Å². The zero-order chi connectivity index (χ0) is 13.8. The maximum atomic E-state index is 12.0. The maximum absolute atomic E-state index is 12.0. The predicted octanol–water partition coefficient (Wildman–Crippen LogP) is 2.09. The first-order valence-corrected chi connectivity index (χ1v) is 6.32. The Bertz CT molecular complexity index is 254. The van der Waals surface area contributed by atoms with Crippen LogP contribution in [0, 0.1) is 5.92 Å². The molecule has 0 aromatic rings. The average Bonchev–Trinajstić information content (AvgIpc) is 3.04. The third kappa shape index (κ3) is 5.12. The monoisotopic (exact) mass is 269 g/mol. The fourth-order valence-corrected chi connectivity index (χ4v) is 2.15. The molecular weight excluding hydrogens is 247 g/mol. The lowest BCUT2D eigenvalue weighted by Crippen LogP contribution is -2.56. The third-order valence-corrected chi connectivity index (χ3v) is 3.11. The van der Waals surface area contributed by atoms with Gasteiger partial charge >= 0.3 is 6.18 Å². The molecule has 0 aromatic heterocycles. The molecule has 0 amide bonds. The fraction of sp³-hybridized carbons (Fsp3) is 1.00. The Balaban J connectivity index is 2.41. The second-order valence-corrected chi connectivity index (χ2v) is 5.31. The van der Waals surface area contributed by atoms with Crippen LogP contribution in [-0.4, -0.2) is 42.7 Å². The predicted molar refractivity (Wildman–Crippen MR) is 62.3 cm³/mol. The minimum absolute atomic E-state index is 0.109. The second-order valence-electron chi connectivity index (χ2n) is 5.31. The number of hydrogen-bond acceptors (Lipinski definition) is 3. The van der Waals surface area contributed by atoms with E-state index in [1.165, 1.54) is 0 Å². The Morgan fingerprint density at radius 3 is 2.33 bits per heavy atom. The van der Waals surface area contributed by atoms with Crippen LogP contribution in [0.1, 0.15) is 33.1 Å². The van der Waals surface area contributed by atoms with Gasteiger partial charge in [0, 0.05) is 6.04 Å².